The smallest absolute Gasteiger partial charge is 0.378 e. The zero-order valence-electron chi connectivity index (χ0n) is 66.1. The first-order chi connectivity index (χ1) is 55.2. The monoisotopic (exact) mass is 1570 g/mol. The van der Waals surface area contributed by atoms with Crippen molar-refractivity contribution in [1.82, 2.24) is 34.3 Å². The predicted octanol–water partition coefficient (Wildman–Crippen LogP) is 16.6. The second-order valence-corrected chi connectivity index (χ2v) is 28.7. The highest BCUT2D eigenvalue weighted by Gasteiger charge is 2.55. The summed E-state index contributed by atoms with van der Waals surface area (Å²) in [4.78, 5) is 141. The van der Waals surface area contributed by atoms with Gasteiger partial charge in [0.15, 0.2) is 24.2 Å². The molecule has 0 aliphatic carbocycles. The van der Waals surface area contributed by atoms with Crippen LogP contribution in [-0.4, -0.2) is 113 Å². The van der Waals surface area contributed by atoms with Gasteiger partial charge in [-0.05, 0) is 135 Å². The van der Waals surface area contributed by atoms with Gasteiger partial charge in [-0.1, -0.05) is 230 Å². The van der Waals surface area contributed by atoms with Crippen LogP contribution in [0.15, 0.2) is 186 Å². The molecule has 3 atom stereocenters. The van der Waals surface area contributed by atoms with Crippen LogP contribution in [0, 0.1) is 31.1 Å². The average Bonchev–Trinajstić information content (AvgIpc) is 0.999. The lowest BCUT2D eigenvalue weighted by Gasteiger charge is -2.39. The van der Waals surface area contributed by atoms with Gasteiger partial charge >= 0.3 is 11.9 Å². The summed E-state index contributed by atoms with van der Waals surface area (Å²) in [6, 6.07) is 45.9. The molecule has 1 saturated heterocycles. The maximum absolute atomic E-state index is 14.7. The summed E-state index contributed by atoms with van der Waals surface area (Å²) in [7, 11) is 0. The SMILES string of the molecule is CCCCCCCCCCCCCCCC(=O)Nc1cccc2c(=O)n(-c3ccccc3)c(C(C(=O)Nc3ccccc3Cl)N3C(=O)CN(Cc4ccccc4)[N+]3=O)nc12.CCOC(=O)c1ncn(C(C(=O)Nc2cc(NCOC(CC)Oc3ccc(C)cc3C)ccc2C)C2=NC(=O)C(CC)(CC)C(=O)N2c2ccccc2)n1. The molecular formula is C87H102ClN14O12+. The van der Waals surface area contributed by atoms with Crippen LogP contribution in [-0.2, 0) is 44.8 Å². The molecule has 9 aromatic rings. The van der Waals surface area contributed by atoms with Crippen LogP contribution < -0.4 is 36.5 Å². The number of para-hydroxylation sites is 4. The number of aliphatic imine (C=N–C) groups is 1. The summed E-state index contributed by atoms with van der Waals surface area (Å²) in [6.45, 7) is 15.1. The second kappa shape index (κ2) is 41.1. The molecule has 0 bridgehead atoms. The number of nitroso groups, excluding NO2 is 1. The van der Waals surface area contributed by atoms with Crippen LogP contribution in [0.25, 0.3) is 16.6 Å². The third kappa shape index (κ3) is 21.1. The van der Waals surface area contributed by atoms with Crippen molar-refractivity contribution in [3.63, 3.8) is 0 Å². The Bertz CT molecular complexity index is 4940. The number of ether oxygens (including phenoxy) is 3. The number of benzene rings is 7. The van der Waals surface area contributed by atoms with Crippen molar-refractivity contribution in [1.29, 1.82) is 0 Å². The molecule has 4 heterocycles. The van der Waals surface area contributed by atoms with Crippen LogP contribution in [0.3, 0.4) is 0 Å². The van der Waals surface area contributed by atoms with Crippen molar-refractivity contribution in [3.05, 3.63) is 230 Å². The number of nitrogens with zero attached hydrogens (tertiary/aromatic N) is 10. The summed E-state index contributed by atoms with van der Waals surface area (Å²) >= 11 is 6.46. The van der Waals surface area contributed by atoms with E-state index in [1.165, 1.54) is 78.6 Å². The molecule has 26 nitrogen and oxygen atoms in total. The average molecular weight is 1570 g/mol. The topological polar surface area (TPSA) is 303 Å². The number of rotatable bonds is 38. The largest absolute Gasteiger partial charge is 0.465 e. The van der Waals surface area contributed by atoms with E-state index in [1.54, 1.807) is 130 Å². The number of amides is 6. The zero-order valence-corrected chi connectivity index (χ0v) is 66.8. The Morgan fingerprint density at radius 3 is 1.89 bits per heavy atom. The number of carbonyl (C=O) groups excluding carboxylic acids is 7. The number of esters is 1. The Hall–Kier alpha value is -11.8. The van der Waals surface area contributed by atoms with Gasteiger partial charge in [0.25, 0.3) is 34.1 Å². The maximum Gasteiger partial charge on any atom is 0.378 e. The Balaban J connectivity index is 0.000000243. The molecule has 2 aliphatic rings. The van der Waals surface area contributed by atoms with E-state index in [1.807, 2.05) is 82.3 Å². The van der Waals surface area contributed by atoms with E-state index in [4.69, 9.17) is 30.8 Å². The lowest BCUT2D eigenvalue weighted by Crippen LogP contribution is -2.58. The quantitative estimate of drug-likeness (QED) is 0.00919. The number of fused-ring (bicyclic) bond motifs is 1. The number of anilines is 5. The number of aryl methyl sites for hydroxylation is 3. The van der Waals surface area contributed by atoms with Crippen molar-refractivity contribution in [2.75, 3.05) is 46.0 Å². The molecule has 0 spiro atoms. The molecule has 6 amide bonds. The molecule has 1 fully saturated rings. The minimum Gasteiger partial charge on any atom is -0.465 e. The Morgan fingerprint density at radius 2 is 1.25 bits per heavy atom. The highest BCUT2D eigenvalue weighted by molar-refractivity contribution is 6.34. The lowest BCUT2D eigenvalue weighted by atomic mass is 9.78. The van der Waals surface area contributed by atoms with Gasteiger partial charge in [-0.3, -0.25) is 43.0 Å². The Morgan fingerprint density at radius 1 is 0.632 bits per heavy atom. The third-order valence-electron chi connectivity index (χ3n) is 20.2. The number of hydrogen-bond acceptors (Lipinski definition) is 16. The van der Waals surface area contributed by atoms with Crippen LogP contribution >= 0.6 is 11.6 Å². The summed E-state index contributed by atoms with van der Waals surface area (Å²) in [5, 5.41) is 18.6. The summed E-state index contributed by atoms with van der Waals surface area (Å²) in [5.74, 6) is -4.40. The van der Waals surface area contributed by atoms with Crippen molar-refractivity contribution in [2.24, 2.45) is 10.4 Å². The molecule has 598 valence electrons. The van der Waals surface area contributed by atoms with E-state index in [0.717, 1.165) is 57.0 Å². The van der Waals surface area contributed by atoms with E-state index in [2.05, 4.69) is 49.3 Å². The highest BCUT2D eigenvalue weighted by atomic mass is 35.5. The van der Waals surface area contributed by atoms with Gasteiger partial charge in [0.1, 0.15) is 36.3 Å². The number of hydrazine groups is 2. The van der Waals surface area contributed by atoms with Gasteiger partial charge in [0, 0.05) is 24.2 Å². The van der Waals surface area contributed by atoms with Crippen molar-refractivity contribution >= 4 is 98.2 Å². The van der Waals surface area contributed by atoms with Gasteiger partial charge in [-0.15, -0.1) is 5.10 Å². The highest BCUT2D eigenvalue weighted by Crippen LogP contribution is 2.40. The van der Waals surface area contributed by atoms with Crippen LogP contribution in [0.2, 0.25) is 5.02 Å². The van der Waals surface area contributed by atoms with E-state index < -0.39 is 64.9 Å². The van der Waals surface area contributed by atoms with Crippen molar-refractivity contribution in [3.8, 4) is 11.4 Å². The van der Waals surface area contributed by atoms with Gasteiger partial charge in [-0.2, -0.15) is 4.99 Å². The molecule has 11 rings (SSSR count). The van der Waals surface area contributed by atoms with Crippen LogP contribution in [0.4, 0.5) is 28.4 Å². The number of halogens is 1. The lowest BCUT2D eigenvalue weighted by molar-refractivity contribution is -0.804. The number of carbonyl (C=O) groups is 7. The maximum atomic E-state index is 14.7. The molecule has 114 heavy (non-hydrogen) atoms. The number of aromatic nitrogens is 5. The normalized spacial score (nSPS) is 14.0. The Labute approximate surface area is 669 Å². The molecule has 2 aliphatic heterocycles. The molecule has 7 aromatic carbocycles. The molecule has 4 N–H and O–H groups in total. The third-order valence-corrected chi connectivity index (χ3v) is 20.5. The summed E-state index contributed by atoms with van der Waals surface area (Å²) in [5.41, 5.74) is 4.09. The number of hydrogen-bond donors (Lipinski definition) is 4. The molecule has 3 unspecified atom stereocenters. The van der Waals surface area contributed by atoms with Gasteiger partial charge < -0.3 is 35.5 Å². The van der Waals surface area contributed by atoms with Crippen LogP contribution in [0.5, 0.6) is 5.75 Å². The fraction of sp³-hybridized carbons (Fsp3) is 0.379. The van der Waals surface area contributed by atoms with Gasteiger partial charge in [0.2, 0.25) is 24.1 Å². The molecular weight excluding hydrogens is 1470 g/mol. The zero-order chi connectivity index (χ0) is 81.3. The standard InChI is InChI=1S/C47H54ClN7O5.C40H47N7O7/c1-2-3-4-5-6-7-8-9-10-11-12-13-20-32-41(56)49-40-31-23-28-37-43(40)51-45(53(47(37)59)36-26-18-15-19-27-36)44(46(58)50-39-30-22-21-29-38(39)48)54-42(57)34-52(55(54)60)33-35-24-16-14-17-25-35;1-8-32(54-31-20-17-25(5)21-27(31)7)53-24-42-28-19-18-26(6)30(22-28)43-36(48)33(46-23-41-34(45-46)37(49)52-11-4)35-44-38(50)40(9-2,10-3)39(51)47(35)29-15-13-12-14-16-29/h14-19,21-31,44H,2-13,20,32-34H2,1H3,(H-,49,50,56,58);12-23,32-33,42H,8-11,24H2,1-7H3,(H,43,48)/p+1. The van der Waals surface area contributed by atoms with Crippen molar-refractivity contribution in [2.45, 2.75) is 189 Å². The Kier molecular flexibility index (Phi) is 30.6. The first kappa shape index (κ1) is 84.7. The number of nitrogens with one attached hydrogen (secondary N) is 4. The van der Waals surface area contributed by atoms with E-state index in [9.17, 15) is 43.3 Å². The fourth-order valence-electron chi connectivity index (χ4n) is 13.8. The number of unbranched alkanes of at least 4 members (excludes halogenated alkanes) is 12. The second-order valence-electron chi connectivity index (χ2n) is 28.3. The number of amidine groups is 1. The van der Waals surface area contributed by atoms with E-state index >= 15 is 0 Å². The van der Waals surface area contributed by atoms with Gasteiger partial charge in [-0.25, -0.2) is 19.4 Å². The van der Waals surface area contributed by atoms with Crippen LogP contribution in [0.1, 0.15) is 195 Å². The molecule has 0 saturated carbocycles. The summed E-state index contributed by atoms with van der Waals surface area (Å²) < 4.78 is 19.5. The fourth-order valence-corrected chi connectivity index (χ4v) is 14.0. The van der Waals surface area contributed by atoms with Crippen molar-refractivity contribution < 1.29 is 52.8 Å². The minimum atomic E-state index is -1.76. The van der Waals surface area contributed by atoms with E-state index in [0.29, 0.717) is 40.6 Å². The summed E-state index contributed by atoms with van der Waals surface area (Å²) in [6.07, 6.45) is 17.5. The minimum absolute atomic E-state index is 0.0809. The van der Waals surface area contributed by atoms with E-state index in [-0.39, 0.29) is 96.4 Å². The first-order valence-corrected chi connectivity index (χ1v) is 39.8. The predicted molar refractivity (Wildman–Crippen MR) is 441 cm³/mol. The molecule has 0 radical (unpaired) electrons. The molecule has 2 aromatic heterocycles. The van der Waals surface area contributed by atoms with Gasteiger partial charge in [0.05, 0.1) is 44.7 Å². The molecule has 27 heteroatoms. The first-order valence-electron chi connectivity index (χ1n) is 39.4.